The molecule has 2 heteroatoms. The van der Waals surface area contributed by atoms with E-state index in [0.29, 0.717) is 0 Å². The van der Waals surface area contributed by atoms with Crippen LogP contribution in [0.15, 0.2) is 59.5 Å². The molecule has 0 atom stereocenters. The van der Waals surface area contributed by atoms with Crippen LogP contribution >= 0.6 is 11.8 Å². The Bertz CT molecular complexity index is 474. The normalized spacial score (nSPS) is 10.1. The largest absolute Gasteiger partial charge is 0.281 e. The van der Waals surface area contributed by atoms with Gasteiger partial charge in [0.1, 0.15) is 0 Å². The minimum Gasteiger partial charge on any atom is -0.281 e. The van der Waals surface area contributed by atoms with Crippen LogP contribution in [0.5, 0.6) is 0 Å². The van der Waals surface area contributed by atoms with E-state index in [4.69, 9.17) is 0 Å². The van der Waals surface area contributed by atoms with Gasteiger partial charge in [0.05, 0.1) is 0 Å². The second-order valence-electron chi connectivity index (χ2n) is 3.57. The lowest BCUT2D eigenvalue weighted by Crippen LogP contribution is -1.91. The molecule has 2 rings (SSSR count). The number of carbonyl (C=O) groups excluding carboxylic acids is 1. The molecule has 0 bridgehead atoms. The molecule has 0 aliphatic rings. The van der Waals surface area contributed by atoms with Crippen molar-refractivity contribution < 1.29 is 4.79 Å². The van der Waals surface area contributed by atoms with Gasteiger partial charge in [-0.05, 0) is 30.8 Å². The maximum atomic E-state index is 11.9. The molecule has 0 saturated heterocycles. The highest BCUT2D eigenvalue weighted by Crippen LogP contribution is 2.22. The van der Waals surface area contributed by atoms with E-state index in [1.807, 2.05) is 61.5 Å². The average Bonchev–Trinajstić information content (AvgIpc) is 2.33. The third-order valence-electron chi connectivity index (χ3n) is 2.24. The smallest absolute Gasteiger partial charge is 0.224 e. The second kappa shape index (κ2) is 4.99. The van der Waals surface area contributed by atoms with E-state index in [1.165, 1.54) is 17.3 Å². The minimum atomic E-state index is 0.0875. The van der Waals surface area contributed by atoms with E-state index >= 15 is 0 Å². The zero-order chi connectivity index (χ0) is 11.4. The topological polar surface area (TPSA) is 17.1 Å². The Hall–Kier alpha value is -1.54. The van der Waals surface area contributed by atoms with Crippen LogP contribution in [0.3, 0.4) is 0 Å². The predicted molar refractivity (Wildman–Crippen MR) is 67.8 cm³/mol. The van der Waals surface area contributed by atoms with Crippen LogP contribution in [0.1, 0.15) is 15.9 Å². The highest BCUT2D eigenvalue weighted by Gasteiger charge is 2.06. The van der Waals surface area contributed by atoms with Gasteiger partial charge in [-0.1, -0.05) is 48.0 Å². The average molecular weight is 228 g/mol. The molecule has 1 nitrogen and oxygen atoms in total. The van der Waals surface area contributed by atoms with Crippen LogP contribution in [-0.2, 0) is 0 Å². The summed E-state index contributed by atoms with van der Waals surface area (Å²) in [7, 11) is 0. The summed E-state index contributed by atoms with van der Waals surface area (Å²) in [6.45, 7) is 2.04. The monoisotopic (exact) mass is 228 g/mol. The standard InChI is InChI=1S/C14H12OS/c1-11-7-9-13(10-8-11)16-14(15)12-5-3-2-4-6-12/h2-10H,1H3. The van der Waals surface area contributed by atoms with Crippen LogP contribution in [0.4, 0.5) is 0 Å². The summed E-state index contributed by atoms with van der Waals surface area (Å²) in [6.07, 6.45) is 0. The number of thioether (sulfide) groups is 1. The fraction of sp³-hybridized carbons (Fsp3) is 0.0714. The number of rotatable bonds is 2. The highest BCUT2D eigenvalue weighted by molar-refractivity contribution is 8.14. The lowest BCUT2D eigenvalue weighted by atomic mass is 10.2. The molecule has 2 aromatic rings. The molecule has 0 aromatic heterocycles. The molecule has 0 unspecified atom stereocenters. The SMILES string of the molecule is Cc1ccc(SC(=O)c2ccccc2)cc1. The van der Waals surface area contributed by atoms with E-state index < -0.39 is 0 Å². The first kappa shape index (κ1) is 11.0. The Morgan fingerprint density at radius 1 is 0.938 bits per heavy atom. The van der Waals surface area contributed by atoms with Gasteiger partial charge in [0, 0.05) is 10.5 Å². The first-order chi connectivity index (χ1) is 7.75. The molecular formula is C14H12OS. The fourth-order valence-electron chi connectivity index (χ4n) is 1.35. The van der Waals surface area contributed by atoms with Crippen LogP contribution in [0.25, 0.3) is 0 Å². The van der Waals surface area contributed by atoms with Crippen molar-refractivity contribution in [3.63, 3.8) is 0 Å². The van der Waals surface area contributed by atoms with Gasteiger partial charge in [-0.25, -0.2) is 0 Å². The van der Waals surface area contributed by atoms with Crippen LogP contribution < -0.4 is 0 Å². The van der Waals surface area contributed by atoms with E-state index in [-0.39, 0.29) is 5.12 Å². The lowest BCUT2D eigenvalue weighted by molar-refractivity contribution is 0.108. The van der Waals surface area contributed by atoms with Crippen molar-refractivity contribution in [1.82, 2.24) is 0 Å². The van der Waals surface area contributed by atoms with E-state index in [9.17, 15) is 4.79 Å². The van der Waals surface area contributed by atoms with Crippen LogP contribution in [0.2, 0.25) is 0 Å². The maximum Gasteiger partial charge on any atom is 0.224 e. The quantitative estimate of drug-likeness (QED) is 0.724. The third kappa shape index (κ3) is 2.74. The number of hydrogen-bond acceptors (Lipinski definition) is 2. The van der Waals surface area contributed by atoms with Crippen molar-refractivity contribution in [3.05, 3.63) is 65.7 Å². The number of aryl methyl sites for hydroxylation is 1. The molecule has 0 aliphatic carbocycles. The summed E-state index contributed by atoms with van der Waals surface area (Å²) in [5, 5.41) is 0.0875. The predicted octanol–water partition coefficient (Wildman–Crippen LogP) is 3.93. The number of hydrogen-bond donors (Lipinski definition) is 0. The first-order valence-corrected chi connectivity index (χ1v) is 5.91. The van der Waals surface area contributed by atoms with Crippen molar-refractivity contribution in [3.8, 4) is 0 Å². The van der Waals surface area contributed by atoms with Crippen LogP contribution in [-0.4, -0.2) is 5.12 Å². The summed E-state index contributed by atoms with van der Waals surface area (Å²) in [5.41, 5.74) is 1.95. The summed E-state index contributed by atoms with van der Waals surface area (Å²) >= 11 is 1.27. The second-order valence-corrected chi connectivity index (χ2v) is 4.61. The highest BCUT2D eigenvalue weighted by atomic mass is 32.2. The zero-order valence-electron chi connectivity index (χ0n) is 9.01. The Morgan fingerprint density at radius 2 is 1.56 bits per heavy atom. The Balaban J connectivity index is 2.11. The number of carbonyl (C=O) groups is 1. The molecule has 0 N–H and O–H groups in total. The van der Waals surface area contributed by atoms with Gasteiger partial charge in [-0.15, -0.1) is 0 Å². The minimum absolute atomic E-state index is 0.0875. The molecular weight excluding hydrogens is 216 g/mol. The fourth-order valence-corrected chi connectivity index (χ4v) is 2.09. The van der Waals surface area contributed by atoms with Crippen molar-refractivity contribution in [2.45, 2.75) is 11.8 Å². The Morgan fingerprint density at radius 3 is 2.19 bits per heavy atom. The molecule has 0 heterocycles. The number of benzene rings is 2. The lowest BCUT2D eigenvalue weighted by Gasteiger charge is -2.01. The van der Waals surface area contributed by atoms with Crippen molar-refractivity contribution >= 4 is 16.9 Å². The van der Waals surface area contributed by atoms with Gasteiger partial charge in [0.15, 0.2) is 0 Å². The summed E-state index contributed by atoms with van der Waals surface area (Å²) in [4.78, 5) is 12.8. The van der Waals surface area contributed by atoms with Crippen molar-refractivity contribution in [1.29, 1.82) is 0 Å². The van der Waals surface area contributed by atoms with E-state index in [1.54, 1.807) is 0 Å². The molecule has 16 heavy (non-hydrogen) atoms. The molecule has 0 aliphatic heterocycles. The molecule has 0 amide bonds. The van der Waals surface area contributed by atoms with Crippen molar-refractivity contribution in [2.75, 3.05) is 0 Å². The van der Waals surface area contributed by atoms with E-state index in [0.717, 1.165) is 10.5 Å². The Labute approximate surface area is 99.5 Å². The molecule has 0 radical (unpaired) electrons. The van der Waals surface area contributed by atoms with E-state index in [2.05, 4.69) is 0 Å². The molecule has 0 spiro atoms. The zero-order valence-corrected chi connectivity index (χ0v) is 9.83. The van der Waals surface area contributed by atoms with Gasteiger partial charge in [-0.3, -0.25) is 4.79 Å². The van der Waals surface area contributed by atoms with Gasteiger partial charge in [-0.2, -0.15) is 0 Å². The molecule has 0 saturated carbocycles. The van der Waals surface area contributed by atoms with Gasteiger partial charge in [0.2, 0.25) is 5.12 Å². The Kier molecular flexibility index (Phi) is 3.42. The molecule has 2 aromatic carbocycles. The maximum absolute atomic E-state index is 11.9. The molecule has 0 fully saturated rings. The third-order valence-corrected chi connectivity index (χ3v) is 3.17. The van der Waals surface area contributed by atoms with Gasteiger partial charge < -0.3 is 0 Å². The van der Waals surface area contributed by atoms with Gasteiger partial charge >= 0.3 is 0 Å². The summed E-state index contributed by atoms with van der Waals surface area (Å²) < 4.78 is 0. The first-order valence-electron chi connectivity index (χ1n) is 5.09. The summed E-state index contributed by atoms with van der Waals surface area (Å²) in [6, 6.07) is 17.3. The van der Waals surface area contributed by atoms with Crippen LogP contribution in [0, 0.1) is 6.92 Å². The summed E-state index contributed by atoms with van der Waals surface area (Å²) in [5.74, 6) is 0. The molecule has 80 valence electrons. The van der Waals surface area contributed by atoms with Crippen molar-refractivity contribution in [2.24, 2.45) is 0 Å². The van der Waals surface area contributed by atoms with Gasteiger partial charge in [0.25, 0.3) is 0 Å².